The molecule has 0 aliphatic carbocycles. The number of carbonyl (C=O) groups excluding carboxylic acids is 2. The van der Waals surface area contributed by atoms with E-state index in [0.29, 0.717) is 12.1 Å². The Kier molecular flexibility index (Phi) is 5.36. The SMILES string of the molecule is C/C=C/C(=O)Oc1ccc(C(=O)Oc2cc(F)c(F)c(F)c2)cc1. The monoisotopic (exact) mass is 336 g/mol. The van der Waals surface area contributed by atoms with Crippen molar-refractivity contribution in [2.75, 3.05) is 0 Å². The first-order valence-electron chi connectivity index (χ1n) is 6.72. The van der Waals surface area contributed by atoms with E-state index in [1.807, 2.05) is 0 Å². The summed E-state index contributed by atoms with van der Waals surface area (Å²) in [5, 5.41) is 0. The third kappa shape index (κ3) is 4.22. The molecule has 0 fully saturated rings. The highest BCUT2D eigenvalue weighted by atomic mass is 19.2. The zero-order chi connectivity index (χ0) is 17.7. The lowest BCUT2D eigenvalue weighted by Gasteiger charge is -2.06. The number of benzene rings is 2. The second-order valence-corrected chi connectivity index (χ2v) is 4.54. The van der Waals surface area contributed by atoms with Gasteiger partial charge in [0.1, 0.15) is 11.5 Å². The molecule has 0 aliphatic heterocycles. The maximum Gasteiger partial charge on any atom is 0.343 e. The molecule has 2 aromatic carbocycles. The smallest absolute Gasteiger partial charge is 0.343 e. The Balaban J connectivity index is 2.09. The normalized spacial score (nSPS) is 10.7. The number of ether oxygens (including phenoxy) is 2. The van der Waals surface area contributed by atoms with Crippen LogP contribution in [0.15, 0.2) is 48.6 Å². The molecule has 0 atom stereocenters. The van der Waals surface area contributed by atoms with Gasteiger partial charge in [-0.2, -0.15) is 0 Å². The predicted octanol–water partition coefficient (Wildman–Crippen LogP) is 3.80. The molecule has 0 saturated heterocycles. The van der Waals surface area contributed by atoms with Crippen molar-refractivity contribution in [2.24, 2.45) is 0 Å². The van der Waals surface area contributed by atoms with Crippen LogP contribution < -0.4 is 9.47 Å². The number of carbonyl (C=O) groups is 2. The number of rotatable bonds is 4. The van der Waals surface area contributed by atoms with Gasteiger partial charge >= 0.3 is 11.9 Å². The molecule has 0 spiro atoms. The Labute approximate surface area is 135 Å². The summed E-state index contributed by atoms with van der Waals surface area (Å²) in [6.07, 6.45) is 2.73. The van der Waals surface area contributed by atoms with Crippen molar-refractivity contribution >= 4 is 11.9 Å². The van der Waals surface area contributed by atoms with Gasteiger partial charge in [0.05, 0.1) is 5.56 Å². The fourth-order valence-corrected chi connectivity index (χ4v) is 1.70. The van der Waals surface area contributed by atoms with E-state index in [9.17, 15) is 22.8 Å². The average Bonchev–Trinajstić information content (AvgIpc) is 2.53. The van der Waals surface area contributed by atoms with Gasteiger partial charge in [-0.05, 0) is 31.2 Å². The molecular weight excluding hydrogens is 325 g/mol. The number of esters is 2. The number of hydrogen-bond acceptors (Lipinski definition) is 4. The van der Waals surface area contributed by atoms with E-state index >= 15 is 0 Å². The number of hydrogen-bond donors (Lipinski definition) is 0. The van der Waals surface area contributed by atoms with E-state index in [1.54, 1.807) is 6.92 Å². The summed E-state index contributed by atoms with van der Waals surface area (Å²) in [7, 11) is 0. The lowest BCUT2D eigenvalue weighted by atomic mass is 10.2. The van der Waals surface area contributed by atoms with Gasteiger partial charge in [0, 0.05) is 18.2 Å². The zero-order valence-electron chi connectivity index (χ0n) is 12.4. The van der Waals surface area contributed by atoms with Crippen LogP contribution >= 0.6 is 0 Å². The van der Waals surface area contributed by atoms with Gasteiger partial charge in [0.15, 0.2) is 17.5 Å². The molecule has 0 aromatic heterocycles. The topological polar surface area (TPSA) is 52.6 Å². The summed E-state index contributed by atoms with van der Waals surface area (Å²) >= 11 is 0. The van der Waals surface area contributed by atoms with E-state index in [0.717, 1.165) is 0 Å². The van der Waals surface area contributed by atoms with Crippen LogP contribution in [-0.2, 0) is 4.79 Å². The first-order chi connectivity index (χ1) is 11.4. The van der Waals surface area contributed by atoms with Crippen LogP contribution in [0.3, 0.4) is 0 Å². The minimum Gasteiger partial charge on any atom is -0.423 e. The second kappa shape index (κ2) is 7.45. The summed E-state index contributed by atoms with van der Waals surface area (Å²) < 4.78 is 48.7. The van der Waals surface area contributed by atoms with Crippen molar-refractivity contribution in [3.63, 3.8) is 0 Å². The van der Waals surface area contributed by atoms with Gasteiger partial charge in [-0.1, -0.05) is 6.08 Å². The summed E-state index contributed by atoms with van der Waals surface area (Å²) in [6, 6.07) is 6.43. The van der Waals surface area contributed by atoms with Gasteiger partial charge in [0.2, 0.25) is 0 Å². The number of allylic oxidation sites excluding steroid dienone is 1. The van der Waals surface area contributed by atoms with Crippen LogP contribution in [0.2, 0.25) is 0 Å². The molecule has 0 amide bonds. The van der Waals surface area contributed by atoms with Crippen molar-refractivity contribution < 1.29 is 32.2 Å². The highest BCUT2D eigenvalue weighted by Gasteiger charge is 2.15. The lowest BCUT2D eigenvalue weighted by Crippen LogP contribution is -2.09. The molecule has 7 heteroatoms. The van der Waals surface area contributed by atoms with Gasteiger partial charge in [-0.25, -0.2) is 22.8 Å². The van der Waals surface area contributed by atoms with Crippen molar-refractivity contribution in [3.8, 4) is 11.5 Å². The first kappa shape index (κ1) is 17.3. The van der Waals surface area contributed by atoms with Crippen LogP contribution in [0.4, 0.5) is 13.2 Å². The van der Waals surface area contributed by atoms with Crippen LogP contribution in [0.1, 0.15) is 17.3 Å². The standard InChI is InChI=1S/C17H11F3O4/c1-2-3-15(21)23-11-6-4-10(5-7-11)17(22)24-12-8-13(18)16(20)14(19)9-12/h2-9H,1H3/b3-2+. The van der Waals surface area contributed by atoms with Crippen molar-refractivity contribution in [1.82, 2.24) is 0 Å². The zero-order valence-corrected chi connectivity index (χ0v) is 12.4. The molecular formula is C17H11F3O4. The van der Waals surface area contributed by atoms with Crippen LogP contribution in [-0.4, -0.2) is 11.9 Å². The molecule has 0 N–H and O–H groups in total. The Morgan fingerprint density at radius 3 is 2.04 bits per heavy atom. The Morgan fingerprint density at radius 1 is 0.917 bits per heavy atom. The minimum atomic E-state index is -1.65. The van der Waals surface area contributed by atoms with E-state index in [4.69, 9.17) is 9.47 Å². The molecule has 4 nitrogen and oxygen atoms in total. The molecule has 124 valence electrons. The molecule has 0 saturated carbocycles. The minimum absolute atomic E-state index is 0.0472. The molecule has 2 rings (SSSR count). The second-order valence-electron chi connectivity index (χ2n) is 4.54. The quantitative estimate of drug-likeness (QED) is 0.369. The van der Waals surface area contributed by atoms with Gasteiger partial charge in [-0.15, -0.1) is 0 Å². The van der Waals surface area contributed by atoms with Crippen LogP contribution in [0, 0.1) is 17.5 Å². The van der Waals surface area contributed by atoms with Crippen molar-refractivity contribution in [1.29, 1.82) is 0 Å². The van der Waals surface area contributed by atoms with E-state index in [1.165, 1.54) is 36.4 Å². The van der Waals surface area contributed by atoms with E-state index < -0.39 is 35.1 Å². The van der Waals surface area contributed by atoms with Crippen LogP contribution in [0.25, 0.3) is 0 Å². The molecule has 0 radical (unpaired) electrons. The maximum atomic E-state index is 13.1. The Bertz CT molecular complexity index is 775. The van der Waals surface area contributed by atoms with Gasteiger partial charge in [0.25, 0.3) is 0 Å². The molecule has 0 bridgehead atoms. The number of halogens is 3. The van der Waals surface area contributed by atoms with E-state index in [2.05, 4.69) is 0 Å². The Morgan fingerprint density at radius 2 is 1.50 bits per heavy atom. The highest BCUT2D eigenvalue weighted by molar-refractivity contribution is 5.91. The highest BCUT2D eigenvalue weighted by Crippen LogP contribution is 2.21. The molecule has 0 unspecified atom stereocenters. The predicted molar refractivity (Wildman–Crippen MR) is 78.2 cm³/mol. The Hall–Kier alpha value is -3.09. The lowest BCUT2D eigenvalue weighted by molar-refractivity contribution is -0.129. The molecule has 0 aliphatic rings. The third-order valence-corrected chi connectivity index (χ3v) is 2.78. The van der Waals surface area contributed by atoms with Gasteiger partial charge < -0.3 is 9.47 Å². The van der Waals surface area contributed by atoms with Gasteiger partial charge in [-0.3, -0.25) is 0 Å². The fraction of sp³-hybridized carbons (Fsp3) is 0.0588. The summed E-state index contributed by atoms with van der Waals surface area (Å²) in [6.45, 7) is 1.65. The molecule has 0 heterocycles. The van der Waals surface area contributed by atoms with Crippen molar-refractivity contribution in [3.05, 3.63) is 71.6 Å². The summed E-state index contributed by atoms with van der Waals surface area (Å²) in [5.41, 5.74) is 0.0472. The van der Waals surface area contributed by atoms with E-state index in [-0.39, 0.29) is 11.3 Å². The molecule has 24 heavy (non-hydrogen) atoms. The summed E-state index contributed by atoms with van der Waals surface area (Å²) in [4.78, 5) is 23.1. The molecule has 2 aromatic rings. The average molecular weight is 336 g/mol. The van der Waals surface area contributed by atoms with Crippen LogP contribution in [0.5, 0.6) is 11.5 Å². The third-order valence-electron chi connectivity index (χ3n) is 2.78. The van der Waals surface area contributed by atoms with Crippen molar-refractivity contribution in [2.45, 2.75) is 6.92 Å². The maximum absolute atomic E-state index is 13.1. The first-order valence-corrected chi connectivity index (χ1v) is 6.72. The fourth-order valence-electron chi connectivity index (χ4n) is 1.70. The summed E-state index contributed by atoms with van der Waals surface area (Å²) in [5.74, 6) is -6.35. The largest absolute Gasteiger partial charge is 0.423 e.